The largest absolute Gasteiger partial charge is 0.444 e. The molecule has 5 nitrogen and oxygen atoms in total. The van der Waals surface area contributed by atoms with E-state index in [4.69, 9.17) is 10.5 Å². The Hall–Kier alpha value is -1.91. The molecule has 0 aromatic heterocycles. The van der Waals surface area contributed by atoms with Crippen molar-refractivity contribution in [2.75, 3.05) is 31.2 Å². The number of nitrogens with two attached hydrogens (primary N) is 1. The number of amides is 1. The predicted molar refractivity (Wildman–Crippen MR) is 94.9 cm³/mol. The lowest BCUT2D eigenvalue weighted by Crippen LogP contribution is -2.41. The molecule has 1 amide bonds. The van der Waals surface area contributed by atoms with E-state index in [1.165, 1.54) is 5.56 Å². The summed E-state index contributed by atoms with van der Waals surface area (Å²) in [6.45, 7) is 9.20. The molecule has 0 bridgehead atoms. The highest BCUT2D eigenvalue weighted by Crippen LogP contribution is 2.33. The molecule has 23 heavy (non-hydrogen) atoms. The second kappa shape index (κ2) is 6.69. The number of carbonyl (C=O) groups excluding carboxylic acids is 1. The summed E-state index contributed by atoms with van der Waals surface area (Å²) >= 11 is 0. The third kappa shape index (κ3) is 4.30. The van der Waals surface area contributed by atoms with Gasteiger partial charge >= 0.3 is 6.09 Å². The number of likely N-dealkylation sites (tertiary alicyclic amines) is 1. The molecular formula is C18H29N3O2. The molecule has 3 N–H and O–H groups in total. The van der Waals surface area contributed by atoms with Crippen molar-refractivity contribution < 1.29 is 9.53 Å². The van der Waals surface area contributed by atoms with Gasteiger partial charge in [0.2, 0.25) is 0 Å². The Morgan fingerprint density at radius 2 is 1.91 bits per heavy atom. The maximum absolute atomic E-state index is 12.1. The number of carbonyl (C=O) groups is 1. The van der Waals surface area contributed by atoms with Gasteiger partial charge in [0.25, 0.3) is 0 Å². The number of nitrogens with one attached hydrogen (secondary N) is 1. The summed E-state index contributed by atoms with van der Waals surface area (Å²) in [5, 5.41) is 3.16. The van der Waals surface area contributed by atoms with Crippen molar-refractivity contribution in [3.63, 3.8) is 0 Å². The summed E-state index contributed by atoms with van der Waals surface area (Å²) in [6, 6.07) is 4.31. The highest BCUT2D eigenvalue weighted by atomic mass is 16.6. The van der Waals surface area contributed by atoms with Crippen molar-refractivity contribution in [1.29, 1.82) is 0 Å². The normalized spacial score (nSPS) is 16.3. The number of anilines is 2. The fourth-order valence-corrected chi connectivity index (χ4v) is 2.99. The number of hydrogen-bond acceptors (Lipinski definition) is 4. The van der Waals surface area contributed by atoms with Crippen LogP contribution in [-0.2, 0) is 4.74 Å². The van der Waals surface area contributed by atoms with Crippen LogP contribution in [0.5, 0.6) is 0 Å². The van der Waals surface area contributed by atoms with E-state index in [-0.39, 0.29) is 6.09 Å². The van der Waals surface area contributed by atoms with Crippen molar-refractivity contribution in [1.82, 2.24) is 4.90 Å². The highest BCUT2D eigenvalue weighted by molar-refractivity contribution is 5.71. The average Bonchev–Trinajstić information content (AvgIpc) is 2.48. The monoisotopic (exact) mass is 319 g/mol. The summed E-state index contributed by atoms with van der Waals surface area (Å²) < 4.78 is 5.45. The van der Waals surface area contributed by atoms with Crippen molar-refractivity contribution in [2.24, 2.45) is 0 Å². The lowest BCUT2D eigenvalue weighted by molar-refractivity contribution is 0.0205. The minimum Gasteiger partial charge on any atom is -0.444 e. The Kier molecular flexibility index (Phi) is 5.07. The number of aryl methyl sites for hydroxylation is 1. The lowest BCUT2D eigenvalue weighted by Gasteiger charge is -2.34. The molecular weight excluding hydrogens is 290 g/mol. The maximum Gasteiger partial charge on any atom is 0.410 e. The molecule has 0 spiro atoms. The molecule has 1 aliphatic rings. The maximum atomic E-state index is 12.1. The van der Waals surface area contributed by atoms with Crippen LogP contribution in [0, 0.1) is 6.92 Å². The van der Waals surface area contributed by atoms with Crippen molar-refractivity contribution in [3.8, 4) is 0 Å². The van der Waals surface area contributed by atoms with E-state index in [0.717, 1.165) is 42.9 Å². The molecule has 1 fully saturated rings. The molecule has 5 heteroatoms. The highest BCUT2D eigenvalue weighted by Gasteiger charge is 2.27. The Morgan fingerprint density at radius 3 is 2.43 bits per heavy atom. The zero-order valence-electron chi connectivity index (χ0n) is 14.9. The number of nitrogens with zero attached hydrogens (tertiary/aromatic N) is 1. The molecule has 1 heterocycles. The Bertz CT molecular complexity index is 570. The van der Waals surface area contributed by atoms with Gasteiger partial charge in [-0.2, -0.15) is 0 Å². The van der Waals surface area contributed by atoms with Crippen LogP contribution in [0.15, 0.2) is 12.1 Å². The van der Waals surface area contributed by atoms with Gasteiger partial charge in [-0.15, -0.1) is 0 Å². The van der Waals surface area contributed by atoms with Crippen molar-refractivity contribution >= 4 is 17.5 Å². The first-order chi connectivity index (χ1) is 10.7. The quantitative estimate of drug-likeness (QED) is 0.815. The number of ether oxygens (including phenoxy) is 1. The Labute approximate surface area is 139 Å². The average molecular weight is 319 g/mol. The van der Waals surface area contributed by atoms with E-state index in [9.17, 15) is 4.79 Å². The lowest BCUT2D eigenvalue weighted by atomic mass is 9.88. The molecule has 0 saturated carbocycles. The van der Waals surface area contributed by atoms with Crippen LogP contribution in [0.25, 0.3) is 0 Å². The first-order valence-corrected chi connectivity index (χ1v) is 8.27. The zero-order chi connectivity index (χ0) is 17.2. The van der Waals surface area contributed by atoms with E-state index < -0.39 is 5.60 Å². The standard InChI is InChI=1S/C18H29N3O2/c1-12-10-14(11-15(20-5)16(12)19)13-6-8-21(9-7-13)17(22)23-18(2,3)4/h10-11,13,20H,6-9,19H2,1-5H3. The summed E-state index contributed by atoms with van der Waals surface area (Å²) in [4.78, 5) is 13.9. The Balaban J connectivity index is 2.02. The van der Waals surface area contributed by atoms with Gasteiger partial charge in [-0.25, -0.2) is 4.79 Å². The van der Waals surface area contributed by atoms with Gasteiger partial charge < -0.3 is 20.7 Å². The van der Waals surface area contributed by atoms with E-state index in [1.807, 2.05) is 39.6 Å². The molecule has 0 radical (unpaired) electrons. The first kappa shape index (κ1) is 17.4. The predicted octanol–water partition coefficient (Wildman–Crippen LogP) is 3.73. The molecule has 1 aliphatic heterocycles. The second-order valence-corrected chi connectivity index (χ2v) is 7.29. The molecule has 0 atom stereocenters. The second-order valence-electron chi connectivity index (χ2n) is 7.29. The van der Waals surface area contributed by atoms with Crippen LogP contribution < -0.4 is 11.1 Å². The third-order valence-corrected chi connectivity index (χ3v) is 4.30. The third-order valence-electron chi connectivity index (χ3n) is 4.30. The van der Waals surface area contributed by atoms with E-state index >= 15 is 0 Å². The minimum atomic E-state index is -0.441. The number of piperidine rings is 1. The van der Waals surface area contributed by atoms with Crippen LogP contribution in [-0.4, -0.2) is 36.7 Å². The summed E-state index contributed by atoms with van der Waals surface area (Å²) in [5.74, 6) is 0.458. The molecule has 0 unspecified atom stereocenters. The molecule has 1 aromatic rings. The zero-order valence-corrected chi connectivity index (χ0v) is 14.9. The van der Waals surface area contributed by atoms with Gasteiger partial charge in [-0.1, -0.05) is 6.07 Å². The van der Waals surface area contributed by atoms with E-state index in [2.05, 4.69) is 17.4 Å². The van der Waals surface area contributed by atoms with Gasteiger partial charge in [-0.05, 0) is 63.6 Å². The van der Waals surface area contributed by atoms with Gasteiger partial charge in [0, 0.05) is 20.1 Å². The number of rotatable bonds is 2. The topological polar surface area (TPSA) is 67.6 Å². The van der Waals surface area contributed by atoms with Gasteiger partial charge in [0.05, 0.1) is 11.4 Å². The van der Waals surface area contributed by atoms with Gasteiger partial charge in [-0.3, -0.25) is 0 Å². The Morgan fingerprint density at radius 1 is 1.30 bits per heavy atom. The van der Waals surface area contributed by atoms with Crippen LogP contribution in [0.3, 0.4) is 0 Å². The molecule has 2 rings (SSSR count). The van der Waals surface area contributed by atoms with Crippen LogP contribution in [0.4, 0.5) is 16.2 Å². The van der Waals surface area contributed by atoms with Crippen molar-refractivity contribution in [3.05, 3.63) is 23.3 Å². The van der Waals surface area contributed by atoms with Crippen LogP contribution in [0.2, 0.25) is 0 Å². The SMILES string of the molecule is CNc1cc(C2CCN(C(=O)OC(C)(C)C)CC2)cc(C)c1N. The number of nitrogen functional groups attached to an aromatic ring is 1. The van der Waals surface area contributed by atoms with E-state index in [1.54, 1.807) is 0 Å². The van der Waals surface area contributed by atoms with Gasteiger partial charge in [0.15, 0.2) is 0 Å². The minimum absolute atomic E-state index is 0.208. The van der Waals surface area contributed by atoms with Crippen LogP contribution in [0.1, 0.15) is 50.7 Å². The van der Waals surface area contributed by atoms with Gasteiger partial charge in [0.1, 0.15) is 5.60 Å². The fraction of sp³-hybridized carbons (Fsp3) is 0.611. The summed E-state index contributed by atoms with van der Waals surface area (Å²) in [6.07, 6.45) is 1.69. The number of benzene rings is 1. The van der Waals surface area contributed by atoms with E-state index in [0.29, 0.717) is 5.92 Å². The van der Waals surface area contributed by atoms with Crippen LogP contribution >= 0.6 is 0 Å². The number of hydrogen-bond donors (Lipinski definition) is 2. The fourth-order valence-electron chi connectivity index (χ4n) is 2.99. The summed E-state index contributed by atoms with van der Waals surface area (Å²) in [5.41, 5.74) is 9.82. The van der Waals surface area contributed by atoms with Crippen molar-refractivity contribution in [2.45, 2.75) is 52.1 Å². The molecule has 0 aliphatic carbocycles. The molecule has 1 saturated heterocycles. The smallest absolute Gasteiger partial charge is 0.410 e. The first-order valence-electron chi connectivity index (χ1n) is 8.27. The molecule has 1 aromatic carbocycles. The summed E-state index contributed by atoms with van der Waals surface area (Å²) in [7, 11) is 1.89. The molecule has 128 valence electrons.